The lowest BCUT2D eigenvalue weighted by Crippen LogP contribution is -2.42. The van der Waals surface area contributed by atoms with E-state index in [4.69, 9.17) is 4.74 Å². The zero-order valence-corrected chi connectivity index (χ0v) is 16.5. The maximum absolute atomic E-state index is 12.3. The minimum atomic E-state index is -0.824. The standard InChI is InChI=1S/C22H25NO7/c1-2-9-30-22(29)17(10-15-5-8-19(26)21(28)12-15)23-13-16(24)6-3-14-4-7-18(25)20(27)11-14/h3-8,11-12,17,23,25-28H,2,9-10,13H2,1H3/t17-/m1/s1. The Morgan fingerprint density at radius 1 is 1.00 bits per heavy atom. The van der Waals surface area contributed by atoms with Crippen molar-refractivity contribution in [1.82, 2.24) is 5.32 Å². The van der Waals surface area contributed by atoms with E-state index < -0.39 is 12.0 Å². The summed E-state index contributed by atoms with van der Waals surface area (Å²) in [7, 11) is 0. The van der Waals surface area contributed by atoms with Gasteiger partial charge in [-0.25, -0.2) is 0 Å². The second kappa shape index (κ2) is 10.9. The molecule has 0 amide bonds. The van der Waals surface area contributed by atoms with Crippen molar-refractivity contribution in [2.75, 3.05) is 13.2 Å². The Hall–Kier alpha value is -3.52. The maximum Gasteiger partial charge on any atom is 0.323 e. The summed E-state index contributed by atoms with van der Waals surface area (Å²) in [5, 5.41) is 40.7. The van der Waals surface area contributed by atoms with E-state index in [1.165, 1.54) is 42.5 Å². The SMILES string of the molecule is CCCOC(=O)[C@@H](Cc1ccc(O)c(O)c1)NCC(=O)C=Cc1ccc(O)c(O)c1. The lowest BCUT2D eigenvalue weighted by molar-refractivity contribution is -0.146. The van der Waals surface area contributed by atoms with Gasteiger partial charge in [0.25, 0.3) is 0 Å². The molecule has 0 heterocycles. The number of rotatable bonds is 10. The zero-order valence-electron chi connectivity index (χ0n) is 16.5. The molecule has 160 valence electrons. The molecule has 0 saturated heterocycles. The third-order valence-corrected chi connectivity index (χ3v) is 4.20. The molecule has 0 radical (unpaired) electrons. The Kier molecular flexibility index (Phi) is 8.25. The Morgan fingerprint density at radius 2 is 1.67 bits per heavy atom. The Labute approximate surface area is 174 Å². The smallest absolute Gasteiger partial charge is 0.323 e. The number of nitrogens with one attached hydrogen (secondary N) is 1. The number of benzene rings is 2. The van der Waals surface area contributed by atoms with Gasteiger partial charge in [-0.2, -0.15) is 0 Å². The zero-order chi connectivity index (χ0) is 22.1. The van der Waals surface area contributed by atoms with Crippen LogP contribution in [0.2, 0.25) is 0 Å². The highest BCUT2D eigenvalue weighted by Crippen LogP contribution is 2.26. The fraction of sp³-hybridized carbons (Fsp3) is 0.273. The lowest BCUT2D eigenvalue weighted by atomic mass is 10.0. The second-order valence-electron chi connectivity index (χ2n) is 6.68. The molecule has 2 aromatic rings. The van der Waals surface area contributed by atoms with Crippen LogP contribution in [0, 0.1) is 0 Å². The number of hydrogen-bond donors (Lipinski definition) is 5. The van der Waals surface area contributed by atoms with Gasteiger partial charge in [-0.3, -0.25) is 14.9 Å². The predicted molar refractivity (Wildman–Crippen MR) is 110 cm³/mol. The second-order valence-corrected chi connectivity index (χ2v) is 6.68. The van der Waals surface area contributed by atoms with E-state index in [1.807, 2.05) is 6.92 Å². The van der Waals surface area contributed by atoms with Crippen molar-refractivity contribution in [1.29, 1.82) is 0 Å². The fourth-order valence-electron chi connectivity index (χ4n) is 2.59. The van der Waals surface area contributed by atoms with E-state index >= 15 is 0 Å². The van der Waals surface area contributed by atoms with Crippen molar-refractivity contribution >= 4 is 17.8 Å². The highest BCUT2D eigenvalue weighted by molar-refractivity contribution is 5.95. The van der Waals surface area contributed by atoms with E-state index in [-0.39, 0.29) is 48.4 Å². The first kappa shape index (κ1) is 22.8. The first-order valence-corrected chi connectivity index (χ1v) is 9.44. The van der Waals surface area contributed by atoms with Gasteiger partial charge in [0.2, 0.25) is 0 Å². The number of ether oxygens (including phenoxy) is 1. The van der Waals surface area contributed by atoms with Gasteiger partial charge >= 0.3 is 5.97 Å². The van der Waals surface area contributed by atoms with E-state index in [9.17, 15) is 30.0 Å². The molecule has 0 aliphatic rings. The van der Waals surface area contributed by atoms with E-state index in [1.54, 1.807) is 6.07 Å². The number of carbonyl (C=O) groups is 2. The molecule has 0 spiro atoms. The molecule has 30 heavy (non-hydrogen) atoms. The summed E-state index contributed by atoms with van der Waals surface area (Å²) < 4.78 is 5.17. The van der Waals surface area contributed by atoms with E-state index in [0.717, 1.165) is 0 Å². The van der Waals surface area contributed by atoms with Crippen molar-refractivity contribution in [3.05, 3.63) is 53.6 Å². The molecule has 0 bridgehead atoms. The molecule has 2 aromatic carbocycles. The molecule has 0 unspecified atom stereocenters. The summed E-state index contributed by atoms with van der Waals surface area (Å²) in [6.07, 6.45) is 3.57. The molecule has 0 fully saturated rings. The number of phenolic OH excluding ortho intramolecular Hbond substituents is 4. The van der Waals surface area contributed by atoms with Gasteiger partial charge in [0.1, 0.15) is 6.04 Å². The minimum Gasteiger partial charge on any atom is -0.504 e. The van der Waals surface area contributed by atoms with E-state index in [2.05, 4.69) is 5.32 Å². The number of esters is 1. The van der Waals surface area contributed by atoms with Gasteiger partial charge in [-0.05, 0) is 54.3 Å². The van der Waals surface area contributed by atoms with Gasteiger partial charge in [0.15, 0.2) is 28.8 Å². The lowest BCUT2D eigenvalue weighted by Gasteiger charge is -2.17. The number of phenols is 4. The number of hydrogen-bond acceptors (Lipinski definition) is 8. The number of ketones is 1. The van der Waals surface area contributed by atoms with Crippen LogP contribution < -0.4 is 5.32 Å². The first-order chi connectivity index (χ1) is 14.3. The summed E-state index contributed by atoms with van der Waals surface area (Å²) in [4.78, 5) is 24.5. The van der Waals surface area contributed by atoms with Gasteiger partial charge in [0.05, 0.1) is 13.2 Å². The summed E-state index contributed by atoms with van der Waals surface area (Å²) >= 11 is 0. The highest BCUT2D eigenvalue weighted by Gasteiger charge is 2.21. The summed E-state index contributed by atoms with van der Waals surface area (Å²) in [6.45, 7) is 1.97. The highest BCUT2D eigenvalue weighted by atomic mass is 16.5. The molecule has 0 aliphatic heterocycles. The Bertz CT molecular complexity index is 924. The summed E-state index contributed by atoms with van der Waals surface area (Å²) in [5.41, 5.74) is 1.11. The molecule has 0 aromatic heterocycles. The average molecular weight is 415 g/mol. The topological polar surface area (TPSA) is 136 Å². The van der Waals surface area contributed by atoms with Gasteiger partial charge in [-0.15, -0.1) is 0 Å². The van der Waals surface area contributed by atoms with Gasteiger partial charge in [0, 0.05) is 0 Å². The predicted octanol–water partition coefficient (Wildman–Crippen LogP) is 2.25. The van der Waals surface area contributed by atoms with Crippen LogP contribution >= 0.6 is 0 Å². The molecule has 8 heteroatoms. The maximum atomic E-state index is 12.3. The van der Waals surface area contributed by atoms with Crippen LogP contribution in [0.25, 0.3) is 6.08 Å². The van der Waals surface area contributed by atoms with Crippen LogP contribution in [0.5, 0.6) is 23.0 Å². The van der Waals surface area contributed by atoms with Crippen LogP contribution in [-0.4, -0.2) is 51.4 Å². The monoisotopic (exact) mass is 415 g/mol. The largest absolute Gasteiger partial charge is 0.504 e. The average Bonchev–Trinajstić information content (AvgIpc) is 2.72. The molecular formula is C22H25NO7. The fourth-order valence-corrected chi connectivity index (χ4v) is 2.59. The van der Waals surface area contributed by atoms with Crippen molar-refractivity contribution < 1.29 is 34.8 Å². The molecule has 5 N–H and O–H groups in total. The number of carbonyl (C=O) groups excluding carboxylic acids is 2. The minimum absolute atomic E-state index is 0.142. The summed E-state index contributed by atoms with van der Waals surface area (Å²) in [6, 6.07) is 7.57. The molecule has 0 saturated carbocycles. The van der Waals surface area contributed by atoms with Crippen LogP contribution in [0.1, 0.15) is 24.5 Å². The third kappa shape index (κ3) is 6.82. The van der Waals surface area contributed by atoms with Gasteiger partial charge in [-0.1, -0.05) is 25.1 Å². The molecule has 1 atom stereocenters. The normalized spacial score (nSPS) is 12.0. The quantitative estimate of drug-likeness (QED) is 0.226. The van der Waals surface area contributed by atoms with Crippen molar-refractivity contribution in [3.63, 3.8) is 0 Å². The molecular weight excluding hydrogens is 390 g/mol. The van der Waals surface area contributed by atoms with Crippen molar-refractivity contribution in [2.45, 2.75) is 25.8 Å². The molecule has 0 aliphatic carbocycles. The van der Waals surface area contributed by atoms with Crippen molar-refractivity contribution in [3.8, 4) is 23.0 Å². The molecule has 8 nitrogen and oxygen atoms in total. The Balaban J connectivity index is 2.02. The van der Waals surface area contributed by atoms with Gasteiger partial charge < -0.3 is 25.2 Å². The number of aromatic hydroxyl groups is 4. The summed E-state index contributed by atoms with van der Waals surface area (Å²) in [5.74, 6) is -1.96. The molecule has 2 rings (SSSR count). The van der Waals surface area contributed by atoms with Crippen LogP contribution in [0.4, 0.5) is 0 Å². The first-order valence-electron chi connectivity index (χ1n) is 9.44. The van der Waals surface area contributed by atoms with Crippen molar-refractivity contribution in [2.24, 2.45) is 0 Å². The van der Waals surface area contributed by atoms with E-state index in [0.29, 0.717) is 17.5 Å². The van der Waals surface area contributed by atoms with Crippen LogP contribution in [0.15, 0.2) is 42.5 Å². The third-order valence-electron chi connectivity index (χ3n) is 4.20. The Morgan fingerprint density at radius 3 is 2.30 bits per heavy atom. The van der Waals surface area contributed by atoms with Crippen LogP contribution in [0.3, 0.4) is 0 Å². The van der Waals surface area contributed by atoms with Crippen LogP contribution in [-0.2, 0) is 20.7 Å².